The zero-order chi connectivity index (χ0) is 20.6. The molecule has 2 saturated heterocycles. The fraction of sp³-hybridized carbons (Fsp3) is 0.429. The van der Waals surface area contributed by atoms with E-state index in [-0.39, 0.29) is 16.6 Å². The monoisotopic (exact) mass is 415 g/mol. The van der Waals surface area contributed by atoms with Crippen LogP contribution in [0, 0.1) is 10.1 Å². The predicted molar refractivity (Wildman–Crippen MR) is 112 cm³/mol. The summed E-state index contributed by atoms with van der Waals surface area (Å²) >= 11 is 0. The van der Waals surface area contributed by atoms with Crippen LogP contribution in [0.4, 0.5) is 11.4 Å². The molecule has 1 N–H and O–H groups in total. The first-order valence-corrected chi connectivity index (χ1v) is 11.7. The minimum absolute atomic E-state index is 0.00855. The van der Waals surface area contributed by atoms with Gasteiger partial charge in [-0.1, -0.05) is 30.3 Å². The van der Waals surface area contributed by atoms with E-state index in [4.69, 9.17) is 0 Å². The fourth-order valence-electron chi connectivity index (χ4n) is 4.71. The number of sulfone groups is 1. The highest BCUT2D eigenvalue weighted by atomic mass is 32.2. The molecular weight excluding hydrogens is 390 g/mol. The lowest BCUT2D eigenvalue weighted by atomic mass is 9.96. The molecule has 8 heteroatoms. The van der Waals surface area contributed by atoms with Gasteiger partial charge in [-0.15, -0.1) is 0 Å². The van der Waals surface area contributed by atoms with E-state index in [9.17, 15) is 18.5 Å². The van der Waals surface area contributed by atoms with Gasteiger partial charge in [-0.2, -0.15) is 0 Å². The number of fused-ring (bicyclic) bond motifs is 2. The molecule has 29 heavy (non-hydrogen) atoms. The number of benzene rings is 2. The maximum atomic E-state index is 12.2. The topological polar surface area (TPSA) is 92.5 Å². The first-order valence-electron chi connectivity index (χ1n) is 9.86. The summed E-state index contributed by atoms with van der Waals surface area (Å²) in [7, 11) is -3.58. The lowest BCUT2D eigenvalue weighted by Gasteiger charge is -2.39. The van der Waals surface area contributed by atoms with E-state index < -0.39 is 14.8 Å². The Morgan fingerprint density at radius 2 is 1.76 bits per heavy atom. The highest BCUT2D eigenvalue weighted by Crippen LogP contribution is 2.38. The molecule has 2 aliphatic rings. The zero-order valence-electron chi connectivity index (χ0n) is 16.3. The largest absolute Gasteiger partial charge is 0.381 e. The van der Waals surface area contributed by atoms with Gasteiger partial charge in [0.2, 0.25) is 0 Å². The molecule has 0 amide bonds. The molecule has 2 bridgehead atoms. The molecule has 0 aliphatic carbocycles. The fourth-order valence-corrected chi connectivity index (χ4v) is 5.58. The third-order valence-electron chi connectivity index (χ3n) is 6.03. The molecule has 7 nitrogen and oxygen atoms in total. The van der Waals surface area contributed by atoms with Crippen LogP contribution in [0.2, 0.25) is 0 Å². The smallest absolute Gasteiger partial charge is 0.270 e. The maximum Gasteiger partial charge on any atom is 0.270 e. The molecule has 2 aromatic carbocycles. The van der Waals surface area contributed by atoms with Gasteiger partial charge < -0.3 is 5.32 Å². The minimum atomic E-state index is -3.58. The SMILES string of the molecule is CS(=O)(=O)c1cc([N+](=O)[O-])ccc1NC1CC2CCC(C1)N2Cc1ccccc1. The Bertz CT molecular complexity index is 996. The summed E-state index contributed by atoms with van der Waals surface area (Å²) in [4.78, 5) is 13.0. The average molecular weight is 416 g/mol. The van der Waals surface area contributed by atoms with Crippen LogP contribution in [0.5, 0.6) is 0 Å². The van der Waals surface area contributed by atoms with Crippen LogP contribution in [0.3, 0.4) is 0 Å². The Hall–Kier alpha value is -2.45. The number of hydrogen-bond acceptors (Lipinski definition) is 6. The molecule has 0 aromatic heterocycles. The second-order valence-corrected chi connectivity index (χ2v) is 10.0. The summed E-state index contributed by atoms with van der Waals surface area (Å²) < 4.78 is 24.4. The quantitative estimate of drug-likeness (QED) is 0.572. The average Bonchev–Trinajstić information content (AvgIpc) is 2.90. The van der Waals surface area contributed by atoms with Crippen LogP contribution in [-0.2, 0) is 16.4 Å². The molecule has 2 aliphatic heterocycles. The van der Waals surface area contributed by atoms with Crippen LogP contribution in [0.25, 0.3) is 0 Å². The van der Waals surface area contributed by atoms with Gasteiger partial charge >= 0.3 is 0 Å². The van der Waals surface area contributed by atoms with Gasteiger partial charge in [-0.25, -0.2) is 8.42 Å². The van der Waals surface area contributed by atoms with Crippen molar-refractivity contribution in [1.82, 2.24) is 4.90 Å². The van der Waals surface area contributed by atoms with Crippen molar-refractivity contribution in [3.8, 4) is 0 Å². The summed E-state index contributed by atoms with van der Waals surface area (Å²) in [6.07, 6.45) is 5.25. The molecule has 2 aromatic rings. The van der Waals surface area contributed by atoms with E-state index in [0.717, 1.165) is 44.6 Å². The highest BCUT2D eigenvalue weighted by molar-refractivity contribution is 7.90. The van der Waals surface area contributed by atoms with Crippen molar-refractivity contribution in [2.45, 2.75) is 55.2 Å². The van der Waals surface area contributed by atoms with Gasteiger partial charge in [-0.3, -0.25) is 15.0 Å². The second kappa shape index (κ2) is 7.76. The van der Waals surface area contributed by atoms with E-state index in [0.29, 0.717) is 17.8 Å². The van der Waals surface area contributed by atoms with Gasteiger partial charge in [0.05, 0.1) is 15.5 Å². The number of non-ortho nitro benzene ring substituents is 1. The number of piperidine rings is 1. The number of nitrogens with zero attached hydrogens (tertiary/aromatic N) is 2. The Morgan fingerprint density at radius 3 is 2.34 bits per heavy atom. The summed E-state index contributed by atoms with van der Waals surface area (Å²) in [6.45, 7) is 0.939. The molecular formula is C21H25N3O4S. The predicted octanol–water partition coefficient (Wildman–Crippen LogP) is 3.61. The number of nitro groups is 1. The molecule has 4 rings (SSSR count). The summed E-state index contributed by atoms with van der Waals surface area (Å²) in [6, 6.07) is 15.6. The van der Waals surface area contributed by atoms with Gasteiger partial charge in [-0.05, 0) is 37.3 Å². The molecule has 0 radical (unpaired) electrons. The van der Waals surface area contributed by atoms with Gasteiger partial charge in [0.25, 0.3) is 5.69 Å². The number of hydrogen-bond donors (Lipinski definition) is 1. The van der Waals surface area contributed by atoms with E-state index in [1.165, 1.54) is 17.7 Å². The summed E-state index contributed by atoms with van der Waals surface area (Å²) in [5.41, 5.74) is 1.55. The summed E-state index contributed by atoms with van der Waals surface area (Å²) in [5.74, 6) is 0. The van der Waals surface area contributed by atoms with Crippen LogP contribution < -0.4 is 5.32 Å². The Labute approximate surface area is 170 Å². The van der Waals surface area contributed by atoms with E-state index in [1.54, 1.807) is 0 Å². The first kappa shape index (κ1) is 19.8. The van der Waals surface area contributed by atoms with Crippen LogP contribution >= 0.6 is 0 Å². The molecule has 2 heterocycles. The third-order valence-corrected chi connectivity index (χ3v) is 7.16. The zero-order valence-corrected chi connectivity index (χ0v) is 17.1. The first-order chi connectivity index (χ1) is 13.8. The van der Waals surface area contributed by atoms with Crippen LogP contribution in [0.1, 0.15) is 31.2 Å². The highest BCUT2D eigenvalue weighted by Gasteiger charge is 2.40. The molecule has 154 valence electrons. The number of rotatable bonds is 6. The molecule has 2 unspecified atom stereocenters. The Morgan fingerprint density at radius 1 is 1.10 bits per heavy atom. The molecule has 2 atom stereocenters. The molecule has 2 fully saturated rings. The van der Waals surface area contributed by atoms with E-state index >= 15 is 0 Å². The number of anilines is 1. The Kier molecular flexibility index (Phi) is 5.31. The standard InChI is InChI=1S/C21H25N3O4S/c1-29(27,28)21-13-19(24(25)26)9-10-20(21)22-16-11-17-7-8-18(12-16)23(17)14-15-5-3-2-4-6-15/h2-6,9-10,13,16-18,22H,7-8,11-12,14H2,1H3. The Balaban J connectivity index is 1.50. The van der Waals surface area contributed by atoms with Crippen molar-refractivity contribution in [2.24, 2.45) is 0 Å². The second-order valence-electron chi connectivity index (χ2n) is 8.07. The van der Waals surface area contributed by atoms with Crippen molar-refractivity contribution >= 4 is 21.2 Å². The molecule has 0 saturated carbocycles. The summed E-state index contributed by atoms with van der Waals surface area (Å²) in [5, 5.41) is 14.4. The van der Waals surface area contributed by atoms with Gasteiger partial charge in [0, 0.05) is 43.1 Å². The molecule has 0 spiro atoms. The lowest BCUT2D eigenvalue weighted by Crippen LogP contribution is -2.46. The third kappa shape index (κ3) is 4.28. The van der Waals surface area contributed by atoms with Crippen LogP contribution in [-0.4, -0.2) is 42.6 Å². The number of nitro benzene ring substituents is 1. The normalized spacial score (nSPS) is 24.4. The van der Waals surface area contributed by atoms with Gasteiger partial charge in [0.15, 0.2) is 9.84 Å². The lowest BCUT2D eigenvalue weighted by molar-refractivity contribution is -0.385. The van der Waals surface area contributed by atoms with Crippen molar-refractivity contribution in [3.05, 3.63) is 64.2 Å². The number of nitrogens with one attached hydrogen (secondary N) is 1. The van der Waals surface area contributed by atoms with Crippen molar-refractivity contribution < 1.29 is 13.3 Å². The maximum absolute atomic E-state index is 12.2. The van der Waals surface area contributed by atoms with Crippen LogP contribution in [0.15, 0.2) is 53.4 Å². The van der Waals surface area contributed by atoms with Crippen molar-refractivity contribution in [1.29, 1.82) is 0 Å². The van der Waals surface area contributed by atoms with Crippen molar-refractivity contribution in [3.63, 3.8) is 0 Å². The van der Waals surface area contributed by atoms with Gasteiger partial charge in [0.1, 0.15) is 0 Å². The minimum Gasteiger partial charge on any atom is -0.381 e. The van der Waals surface area contributed by atoms with E-state index in [1.807, 2.05) is 6.07 Å². The van der Waals surface area contributed by atoms with Crippen molar-refractivity contribution in [2.75, 3.05) is 11.6 Å². The van der Waals surface area contributed by atoms with E-state index in [2.05, 4.69) is 34.5 Å².